The monoisotopic (exact) mass is 258 g/mol. The smallest absolute Gasteiger partial charge is 0.337 e. The van der Waals surface area contributed by atoms with E-state index in [9.17, 15) is 4.79 Å². The Morgan fingerprint density at radius 3 is 2.21 bits per heavy atom. The van der Waals surface area contributed by atoms with Crippen LogP contribution in [-0.4, -0.2) is 11.1 Å². The molecule has 0 amide bonds. The molecule has 0 radical (unpaired) electrons. The van der Waals surface area contributed by atoms with E-state index in [0.29, 0.717) is 0 Å². The van der Waals surface area contributed by atoms with Crippen molar-refractivity contribution in [3.8, 4) is 0 Å². The predicted molar refractivity (Wildman–Crippen MR) is 61.7 cm³/mol. The Kier molecular flexibility index (Phi) is 6.47. The average molecular weight is 260 g/mol. The van der Waals surface area contributed by atoms with E-state index in [1.54, 1.807) is 0 Å². The lowest BCUT2D eigenvalue weighted by molar-refractivity contribution is 0.0698. The Labute approximate surface area is 98.0 Å². The van der Waals surface area contributed by atoms with Gasteiger partial charge in [0, 0.05) is 5.02 Å². The van der Waals surface area contributed by atoms with Crippen LogP contribution in [0.2, 0.25) is 5.02 Å². The van der Waals surface area contributed by atoms with Gasteiger partial charge in [0.05, 0.1) is 16.9 Å². The molecule has 80 valence electrons. The van der Waals surface area contributed by atoms with E-state index in [1.807, 2.05) is 0 Å². The largest absolute Gasteiger partial charge is 0.478 e. The number of hydrogen-bond donors (Lipinski definition) is 3. The molecule has 4 nitrogen and oxygen atoms in total. The Balaban J connectivity index is 0. The van der Waals surface area contributed by atoms with Crippen molar-refractivity contribution in [3.05, 3.63) is 22.7 Å². The van der Waals surface area contributed by atoms with Crippen LogP contribution in [0.5, 0.6) is 0 Å². The van der Waals surface area contributed by atoms with Crippen molar-refractivity contribution in [1.82, 2.24) is 0 Å². The number of hydrogen-bond acceptors (Lipinski definition) is 3. The van der Waals surface area contributed by atoms with Gasteiger partial charge in [-0.25, -0.2) is 4.79 Å². The van der Waals surface area contributed by atoms with Gasteiger partial charge < -0.3 is 16.6 Å². The summed E-state index contributed by atoms with van der Waals surface area (Å²) >= 11 is 5.57. The van der Waals surface area contributed by atoms with E-state index in [-0.39, 0.29) is 46.8 Å². The summed E-state index contributed by atoms with van der Waals surface area (Å²) in [4.78, 5) is 10.5. The minimum Gasteiger partial charge on any atom is -0.478 e. The first-order chi connectivity index (χ1) is 5.52. The molecule has 0 heterocycles. The zero-order chi connectivity index (χ0) is 9.30. The summed E-state index contributed by atoms with van der Waals surface area (Å²) in [5.74, 6) is -1.14. The lowest BCUT2D eigenvalue weighted by atomic mass is 10.1. The van der Waals surface area contributed by atoms with E-state index in [2.05, 4.69) is 0 Å². The van der Waals surface area contributed by atoms with Gasteiger partial charge >= 0.3 is 5.97 Å². The minimum absolute atomic E-state index is 0. The number of rotatable bonds is 1. The van der Waals surface area contributed by atoms with E-state index in [1.165, 1.54) is 12.1 Å². The molecule has 0 atom stereocenters. The summed E-state index contributed by atoms with van der Waals surface area (Å²) in [6.45, 7) is 0. The van der Waals surface area contributed by atoms with Crippen LogP contribution in [0.1, 0.15) is 10.4 Å². The molecular formula is C7H9Cl3N2O2. The van der Waals surface area contributed by atoms with Crippen LogP contribution in [0.4, 0.5) is 11.4 Å². The number of carboxylic acids is 1. The highest BCUT2D eigenvalue weighted by atomic mass is 35.5. The number of nitrogen functional groups attached to an aromatic ring is 2. The second-order valence-corrected chi connectivity index (χ2v) is 2.70. The van der Waals surface area contributed by atoms with Crippen LogP contribution in [0.3, 0.4) is 0 Å². The van der Waals surface area contributed by atoms with Crippen molar-refractivity contribution < 1.29 is 9.90 Å². The van der Waals surface area contributed by atoms with Crippen LogP contribution >= 0.6 is 36.4 Å². The van der Waals surface area contributed by atoms with Gasteiger partial charge in [0.15, 0.2) is 0 Å². The van der Waals surface area contributed by atoms with Gasteiger partial charge in [0.1, 0.15) is 0 Å². The number of carbonyl (C=O) groups is 1. The molecule has 0 aliphatic rings. The molecule has 0 fully saturated rings. The molecule has 14 heavy (non-hydrogen) atoms. The van der Waals surface area contributed by atoms with Crippen molar-refractivity contribution >= 4 is 53.8 Å². The maximum Gasteiger partial charge on any atom is 0.337 e. The molecule has 1 aromatic rings. The first kappa shape index (κ1) is 15.6. The van der Waals surface area contributed by atoms with Gasteiger partial charge in [-0.15, -0.1) is 24.8 Å². The van der Waals surface area contributed by atoms with Crippen molar-refractivity contribution in [2.45, 2.75) is 0 Å². The Bertz CT molecular complexity index is 344. The molecule has 0 spiro atoms. The quantitative estimate of drug-likeness (QED) is 0.673. The lowest BCUT2D eigenvalue weighted by Gasteiger charge is -2.04. The van der Waals surface area contributed by atoms with E-state index in [4.69, 9.17) is 28.2 Å². The molecule has 0 bridgehead atoms. The van der Waals surface area contributed by atoms with Gasteiger partial charge in [0.25, 0.3) is 0 Å². The highest BCUT2D eigenvalue weighted by molar-refractivity contribution is 6.31. The fourth-order valence-corrected chi connectivity index (χ4v) is 1.04. The van der Waals surface area contributed by atoms with Gasteiger partial charge in [-0.05, 0) is 12.1 Å². The number of halogens is 3. The summed E-state index contributed by atoms with van der Waals surface area (Å²) in [6.07, 6.45) is 0. The molecule has 0 aliphatic heterocycles. The molecule has 0 aliphatic carbocycles. The fraction of sp³-hybridized carbons (Fsp3) is 0. The van der Waals surface area contributed by atoms with Gasteiger partial charge in [-0.1, -0.05) is 11.6 Å². The number of carboxylic acid groups (broad SMARTS) is 1. The van der Waals surface area contributed by atoms with Crippen molar-refractivity contribution in [1.29, 1.82) is 0 Å². The zero-order valence-corrected chi connectivity index (χ0v) is 9.25. The predicted octanol–water partition coefficient (Wildman–Crippen LogP) is 2.05. The third kappa shape index (κ3) is 3.14. The third-order valence-corrected chi connectivity index (χ3v) is 1.63. The fourth-order valence-electron chi connectivity index (χ4n) is 0.816. The maximum absolute atomic E-state index is 10.5. The van der Waals surface area contributed by atoms with E-state index >= 15 is 0 Å². The minimum atomic E-state index is -1.14. The molecule has 0 saturated heterocycles. The number of aromatic carboxylic acids is 1. The van der Waals surface area contributed by atoms with Crippen LogP contribution in [0.25, 0.3) is 0 Å². The molecule has 7 heteroatoms. The van der Waals surface area contributed by atoms with E-state index < -0.39 is 5.97 Å². The molecule has 1 aromatic carbocycles. The van der Waals surface area contributed by atoms with Gasteiger partial charge in [-0.2, -0.15) is 0 Å². The number of nitrogens with two attached hydrogens (primary N) is 2. The van der Waals surface area contributed by atoms with Crippen LogP contribution < -0.4 is 11.5 Å². The summed E-state index contributed by atoms with van der Waals surface area (Å²) in [5.41, 5.74) is 10.9. The molecule has 5 N–H and O–H groups in total. The van der Waals surface area contributed by atoms with Crippen LogP contribution in [0.15, 0.2) is 12.1 Å². The number of benzene rings is 1. The van der Waals surface area contributed by atoms with Gasteiger partial charge in [-0.3, -0.25) is 0 Å². The lowest BCUT2D eigenvalue weighted by Crippen LogP contribution is -2.05. The highest BCUT2D eigenvalue weighted by Crippen LogP contribution is 2.24. The summed E-state index contributed by atoms with van der Waals surface area (Å²) in [6, 6.07) is 2.67. The Morgan fingerprint density at radius 1 is 1.29 bits per heavy atom. The Hall–Kier alpha value is -0.840. The number of anilines is 2. The van der Waals surface area contributed by atoms with Gasteiger partial charge in [0.2, 0.25) is 0 Å². The topological polar surface area (TPSA) is 89.3 Å². The zero-order valence-electron chi connectivity index (χ0n) is 6.86. The summed E-state index contributed by atoms with van der Waals surface area (Å²) in [5, 5.41) is 8.88. The SMILES string of the molecule is Cl.Cl.Nc1cc(Cl)cc(C(=O)O)c1N. The average Bonchev–Trinajstić information content (AvgIpc) is 1.96. The normalized spacial score (nSPS) is 8.36. The second kappa shape index (κ2) is 5.80. The summed E-state index contributed by atoms with van der Waals surface area (Å²) < 4.78 is 0. The third-order valence-electron chi connectivity index (χ3n) is 1.41. The molecule has 1 rings (SSSR count). The Morgan fingerprint density at radius 2 is 1.79 bits per heavy atom. The molecular weight excluding hydrogens is 250 g/mol. The second-order valence-electron chi connectivity index (χ2n) is 2.26. The maximum atomic E-state index is 10.5. The van der Waals surface area contributed by atoms with Crippen LogP contribution in [-0.2, 0) is 0 Å². The first-order valence-electron chi connectivity index (χ1n) is 3.10. The van der Waals surface area contributed by atoms with Crippen LogP contribution in [0, 0.1) is 0 Å². The highest BCUT2D eigenvalue weighted by Gasteiger charge is 2.10. The molecule has 0 unspecified atom stereocenters. The molecule has 0 aromatic heterocycles. The van der Waals surface area contributed by atoms with Crippen molar-refractivity contribution in [2.75, 3.05) is 11.5 Å². The summed E-state index contributed by atoms with van der Waals surface area (Å²) in [7, 11) is 0. The molecule has 0 saturated carbocycles. The van der Waals surface area contributed by atoms with E-state index in [0.717, 1.165) is 0 Å². The standard InChI is InChI=1S/C7H7ClN2O2.2ClH/c8-3-1-4(7(11)12)6(10)5(9)2-3;;/h1-2H,9-10H2,(H,11,12);2*1H. The van der Waals surface area contributed by atoms with Crippen molar-refractivity contribution in [3.63, 3.8) is 0 Å². The first-order valence-corrected chi connectivity index (χ1v) is 3.48. The van der Waals surface area contributed by atoms with Crippen molar-refractivity contribution in [2.24, 2.45) is 0 Å².